The maximum atomic E-state index is 5.24. The van der Waals surface area contributed by atoms with Crippen LogP contribution in [-0.2, 0) is 6.42 Å². The predicted octanol–water partition coefficient (Wildman–Crippen LogP) is 6.96. The van der Waals surface area contributed by atoms with Crippen LogP contribution in [0.5, 0.6) is 5.75 Å². The SMILES string of the molecule is CCC[C@H]1CC[C@H](C2CC=C(CCc3ccc(OC)cc3)CC2)CC1. The second-order valence-corrected chi connectivity index (χ2v) is 8.31. The average molecular weight is 341 g/mol. The number of allylic oxidation sites excluding steroid dienone is 2. The summed E-state index contributed by atoms with van der Waals surface area (Å²) in [6.07, 6.45) is 18.0. The summed E-state index contributed by atoms with van der Waals surface area (Å²) in [4.78, 5) is 0. The highest BCUT2D eigenvalue weighted by atomic mass is 16.5. The highest BCUT2D eigenvalue weighted by Crippen LogP contribution is 2.41. The van der Waals surface area contributed by atoms with E-state index in [1.807, 2.05) is 0 Å². The van der Waals surface area contributed by atoms with Gasteiger partial charge in [-0.15, -0.1) is 0 Å². The largest absolute Gasteiger partial charge is 0.497 e. The fraction of sp³-hybridized carbons (Fsp3) is 0.667. The zero-order chi connectivity index (χ0) is 17.5. The summed E-state index contributed by atoms with van der Waals surface area (Å²) < 4.78 is 5.24. The van der Waals surface area contributed by atoms with Gasteiger partial charge in [-0.1, -0.05) is 56.4 Å². The molecule has 1 aromatic carbocycles. The van der Waals surface area contributed by atoms with Crippen LogP contribution >= 0.6 is 0 Å². The number of rotatable bonds is 7. The molecule has 25 heavy (non-hydrogen) atoms. The molecule has 1 nitrogen and oxygen atoms in total. The molecule has 0 aromatic heterocycles. The van der Waals surface area contributed by atoms with E-state index >= 15 is 0 Å². The normalized spacial score (nSPS) is 27.0. The van der Waals surface area contributed by atoms with Gasteiger partial charge in [-0.05, 0) is 80.4 Å². The molecule has 3 rings (SSSR count). The third-order valence-corrected chi connectivity index (χ3v) is 6.69. The molecule has 1 heteroatoms. The fourth-order valence-corrected chi connectivity index (χ4v) is 5.02. The van der Waals surface area contributed by atoms with E-state index in [4.69, 9.17) is 4.74 Å². The first kappa shape index (κ1) is 18.5. The van der Waals surface area contributed by atoms with Gasteiger partial charge in [0.25, 0.3) is 0 Å². The average Bonchev–Trinajstić information content (AvgIpc) is 2.68. The van der Waals surface area contributed by atoms with E-state index in [9.17, 15) is 0 Å². The van der Waals surface area contributed by atoms with Gasteiger partial charge in [-0.3, -0.25) is 0 Å². The van der Waals surface area contributed by atoms with E-state index < -0.39 is 0 Å². The van der Waals surface area contributed by atoms with Gasteiger partial charge in [-0.2, -0.15) is 0 Å². The van der Waals surface area contributed by atoms with Gasteiger partial charge in [0.05, 0.1) is 7.11 Å². The maximum Gasteiger partial charge on any atom is 0.118 e. The van der Waals surface area contributed by atoms with Gasteiger partial charge in [0, 0.05) is 0 Å². The maximum absolute atomic E-state index is 5.24. The summed E-state index contributed by atoms with van der Waals surface area (Å²) in [5, 5.41) is 0. The summed E-state index contributed by atoms with van der Waals surface area (Å²) in [5.41, 5.74) is 3.13. The molecule has 0 N–H and O–H groups in total. The Bertz CT molecular complexity index is 534. The van der Waals surface area contributed by atoms with Crippen molar-refractivity contribution in [3.8, 4) is 5.75 Å². The summed E-state index contributed by atoms with van der Waals surface area (Å²) in [7, 11) is 1.73. The Morgan fingerprint density at radius 2 is 1.68 bits per heavy atom. The Hall–Kier alpha value is -1.24. The topological polar surface area (TPSA) is 9.23 Å². The van der Waals surface area contributed by atoms with Crippen molar-refractivity contribution in [2.45, 2.75) is 77.6 Å². The van der Waals surface area contributed by atoms with Crippen molar-refractivity contribution in [2.75, 3.05) is 7.11 Å². The first-order chi connectivity index (χ1) is 12.3. The van der Waals surface area contributed by atoms with Crippen LogP contribution in [-0.4, -0.2) is 7.11 Å². The van der Waals surface area contributed by atoms with Crippen LogP contribution in [0, 0.1) is 17.8 Å². The van der Waals surface area contributed by atoms with Gasteiger partial charge in [0.15, 0.2) is 0 Å². The molecule has 1 atom stereocenters. The Labute approximate surface area is 154 Å². The van der Waals surface area contributed by atoms with Gasteiger partial charge in [-0.25, -0.2) is 0 Å². The van der Waals surface area contributed by atoms with E-state index in [-0.39, 0.29) is 0 Å². The molecule has 1 unspecified atom stereocenters. The molecule has 0 saturated heterocycles. The number of benzene rings is 1. The van der Waals surface area contributed by atoms with Gasteiger partial charge < -0.3 is 4.74 Å². The second-order valence-electron chi connectivity index (χ2n) is 8.31. The van der Waals surface area contributed by atoms with Crippen molar-refractivity contribution in [1.29, 1.82) is 0 Å². The molecule has 2 aliphatic carbocycles. The zero-order valence-electron chi connectivity index (χ0n) is 16.3. The minimum atomic E-state index is 0.956. The van der Waals surface area contributed by atoms with Crippen LogP contribution in [0.1, 0.15) is 76.7 Å². The molecule has 0 bridgehead atoms. The lowest BCUT2D eigenvalue weighted by atomic mass is 9.70. The van der Waals surface area contributed by atoms with Crippen LogP contribution in [0.2, 0.25) is 0 Å². The van der Waals surface area contributed by atoms with Crippen LogP contribution in [0.25, 0.3) is 0 Å². The third-order valence-electron chi connectivity index (χ3n) is 6.69. The molecule has 0 spiro atoms. The molecule has 0 amide bonds. The quantitative estimate of drug-likeness (QED) is 0.487. The summed E-state index contributed by atoms with van der Waals surface area (Å²) in [6, 6.07) is 8.57. The Kier molecular flexibility index (Phi) is 7.02. The highest BCUT2D eigenvalue weighted by molar-refractivity contribution is 5.27. The summed E-state index contributed by atoms with van der Waals surface area (Å²) >= 11 is 0. The number of hydrogen-bond acceptors (Lipinski definition) is 1. The highest BCUT2D eigenvalue weighted by Gasteiger charge is 2.28. The molecule has 0 heterocycles. The number of aryl methyl sites for hydroxylation is 1. The van der Waals surface area contributed by atoms with Crippen molar-refractivity contribution < 1.29 is 4.74 Å². The number of methoxy groups -OCH3 is 1. The smallest absolute Gasteiger partial charge is 0.118 e. The van der Waals surface area contributed by atoms with Crippen molar-refractivity contribution in [3.63, 3.8) is 0 Å². The first-order valence-corrected chi connectivity index (χ1v) is 10.6. The van der Waals surface area contributed by atoms with Crippen molar-refractivity contribution in [2.24, 2.45) is 17.8 Å². The molecule has 1 aromatic rings. The van der Waals surface area contributed by atoms with Crippen LogP contribution in [0.15, 0.2) is 35.9 Å². The lowest BCUT2D eigenvalue weighted by molar-refractivity contribution is 0.186. The van der Waals surface area contributed by atoms with Gasteiger partial charge in [0.1, 0.15) is 5.75 Å². The molecule has 0 radical (unpaired) electrons. The number of hydrogen-bond donors (Lipinski definition) is 0. The van der Waals surface area contributed by atoms with E-state index in [2.05, 4.69) is 37.3 Å². The second kappa shape index (κ2) is 9.46. The first-order valence-electron chi connectivity index (χ1n) is 10.6. The molecule has 2 aliphatic rings. The van der Waals surface area contributed by atoms with E-state index in [0.29, 0.717) is 0 Å². The Balaban J connectivity index is 1.41. The van der Waals surface area contributed by atoms with Crippen molar-refractivity contribution >= 4 is 0 Å². The number of ether oxygens (including phenoxy) is 1. The fourth-order valence-electron chi connectivity index (χ4n) is 5.02. The lowest BCUT2D eigenvalue weighted by Gasteiger charge is -2.35. The van der Waals surface area contributed by atoms with Crippen molar-refractivity contribution in [3.05, 3.63) is 41.5 Å². The zero-order valence-corrected chi connectivity index (χ0v) is 16.3. The molecule has 138 valence electrons. The van der Waals surface area contributed by atoms with E-state index in [0.717, 1.165) is 23.5 Å². The van der Waals surface area contributed by atoms with Gasteiger partial charge in [0.2, 0.25) is 0 Å². The standard InChI is InChI=1S/C24H36O/c1-3-4-19-7-13-22(14-8-19)23-15-9-20(10-16-23)5-6-21-11-17-24(25-2)18-12-21/h9,11-12,17-19,22-23H,3-8,10,13-16H2,1-2H3/t19-,22-,23?. The van der Waals surface area contributed by atoms with E-state index in [1.165, 1.54) is 76.2 Å². The minimum Gasteiger partial charge on any atom is -0.497 e. The summed E-state index contributed by atoms with van der Waals surface area (Å²) in [5.74, 6) is 4.00. The monoisotopic (exact) mass is 340 g/mol. The van der Waals surface area contributed by atoms with Crippen molar-refractivity contribution in [1.82, 2.24) is 0 Å². The predicted molar refractivity (Wildman–Crippen MR) is 107 cm³/mol. The minimum absolute atomic E-state index is 0.956. The lowest BCUT2D eigenvalue weighted by Crippen LogP contribution is -2.23. The van der Waals surface area contributed by atoms with Crippen LogP contribution < -0.4 is 4.74 Å². The Morgan fingerprint density at radius 3 is 2.28 bits per heavy atom. The molecule has 1 saturated carbocycles. The van der Waals surface area contributed by atoms with Crippen LogP contribution in [0.3, 0.4) is 0 Å². The Morgan fingerprint density at radius 1 is 0.920 bits per heavy atom. The van der Waals surface area contributed by atoms with Gasteiger partial charge >= 0.3 is 0 Å². The summed E-state index contributed by atoms with van der Waals surface area (Å²) in [6.45, 7) is 2.34. The van der Waals surface area contributed by atoms with Crippen LogP contribution in [0.4, 0.5) is 0 Å². The molecule has 0 aliphatic heterocycles. The third kappa shape index (κ3) is 5.36. The van der Waals surface area contributed by atoms with E-state index in [1.54, 1.807) is 12.7 Å². The molecular weight excluding hydrogens is 304 g/mol. The molecular formula is C24H36O. The molecule has 1 fully saturated rings.